The minimum atomic E-state index is 0.505. The number of para-hydroxylation sites is 1. The third-order valence-electron chi connectivity index (χ3n) is 3.31. The maximum absolute atomic E-state index is 5.84. The van der Waals surface area contributed by atoms with Crippen LogP contribution in [-0.4, -0.2) is 16.8 Å². The molecule has 1 aromatic carbocycles. The monoisotopic (exact) mass is 244 g/mol. The molecule has 2 aromatic rings. The minimum Gasteiger partial charge on any atom is -0.329 e. The Balaban J connectivity index is 2.53. The van der Waals surface area contributed by atoms with Crippen molar-refractivity contribution in [3.63, 3.8) is 0 Å². The Hall–Kier alpha value is -1.81. The van der Waals surface area contributed by atoms with Gasteiger partial charge in [0.05, 0.1) is 5.69 Å². The molecule has 4 nitrogen and oxygen atoms in total. The van der Waals surface area contributed by atoms with E-state index in [1.54, 1.807) is 0 Å². The first-order valence-electron chi connectivity index (χ1n) is 6.08. The average molecular weight is 244 g/mol. The Morgan fingerprint density at radius 1 is 1.28 bits per heavy atom. The molecule has 0 aliphatic heterocycles. The molecule has 1 heterocycles. The molecule has 18 heavy (non-hydrogen) atoms. The van der Waals surface area contributed by atoms with Crippen LogP contribution in [0.1, 0.15) is 16.8 Å². The number of benzene rings is 1. The van der Waals surface area contributed by atoms with Crippen LogP contribution in [0.25, 0.3) is 0 Å². The van der Waals surface area contributed by atoms with Crippen LogP contribution in [-0.2, 0) is 13.6 Å². The molecule has 0 atom stereocenters. The number of nitrogens with zero attached hydrogens (tertiary/aromatic N) is 3. The van der Waals surface area contributed by atoms with Gasteiger partial charge < -0.3 is 10.6 Å². The summed E-state index contributed by atoms with van der Waals surface area (Å²) >= 11 is 0. The van der Waals surface area contributed by atoms with Gasteiger partial charge in [0, 0.05) is 31.9 Å². The molecule has 4 heteroatoms. The van der Waals surface area contributed by atoms with Crippen LogP contribution in [0.15, 0.2) is 24.3 Å². The number of anilines is 2. The second-order valence-corrected chi connectivity index (χ2v) is 4.56. The molecule has 0 saturated carbocycles. The van der Waals surface area contributed by atoms with Gasteiger partial charge in [-0.05, 0) is 25.5 Å². The Kier molecular flexibility index (Phi) is 3.39. The largest absolute Gasteiger partial charge is 0.329 e. The number of hydrogen-bond acceptors (Lipinski definition) is 3. The highest BCUT2D eigenvalue weighted by Gasteiger charge is 2.17. The van der Waals surface area contributed by atoms with Gasteiger partial charge in [-0.15, -0.1) is 0 Å². The lowest BCUT2D eigenvalue weighted by Gasteiger charge is -2.22. The molecule has 96 valence electrons. The number of aryl methyl sites for hydroxylation is 3. The Morgan fingerprint density at radius 2 is 1.94 bits per heavy atom. The van der Waals surface area contributed by atoms with E-state index in [0.717, 1.165) is 17.1 Å². The maximum atomic E-state index is 5.84. The third kappa shape index (κ3) is 1.99. The van der Waals surface area contributed by atoms with Crippen LogP contribution in [0.3, 0.4) is 0 Å². The molecule has 0 saturated heterocycles. The molecule has 0 bridgehead atoms. The lowest BCUT2D eigenvalue weighted by molar-refractivity contribution is 0.750. The van der Waals surface area contributed by atoms with E-state index in [1.165, 1.54) is 11.3 Å². The minimum absolute atomic E-state index is 0.505. The molecule has 2 rings (SSSR count). The van der Waals surface area contributed by atoms with Crippen LogP contribution in [0.4, 0.5) is 11.5 Å². The van der Waals surface area contributed by atoms with E-state index in [0.29, 0.717) is 6.54 Å². The molecule has 0 unspecified atom stereocenters. The normalized spacial score (nSPS) is 10.7. The summed E-state index contributed by atoms with van der Waals surface area (Å²) in [5.74, 6) is 1.06. The van der Waals surface area contributed by atoms with Crippen molar-refractivity contribution < 1.29 is 0 Å². The van der Waals surface area contributed by atoms with Gasteiger partial charge in [0.15, 0.2) is 0 Å². The van der Waals surface area contributed by atoms with Crippen LogP contribution in [0, 0.1) is 13.8 Å². The van der Waals surface area contributed by atoms with Crippen molar-refractivity contribution in [2.75, 3.05) is 11.9 Å². The molecule has 2 N–H and O–H groups in total. The highest BCUT2D eigenvalue weighted by atomic mass is 15.4. The van der Waals surface area contributed by atoms with Gasteiger partial charge in [0.2, 0.25) is 0 Å². The first-order valence-corrected chi connectivity index (χ1v) is 6.08. The highest BCUT2D eigenvalue weighted by Crippen LogP contribution is 2.30. The predicted molar refractivity (Wildman–Crippen MR) is 75.1 cm³/mol. The summed E-state index contributed by atoms with van der Waals surface area (Å²) in [6, 6.07) is 8.31. The molecular formula is C14H20N4. The second kappa shape index (κ2) is 4.82. The van der Waals surface area contributed by atoms with Gasteiger partial charge in [-0.1, -0.05) is 18.2 Å². The predicted octanol–water partition coefficient (Wildman–Crippen LogP) is 2.26. The first-order chi connectivity index (χ1) is 8.56. The smallest absolute Gasteiger partial charge is 0.135 e. The van der Waals surface area contributed by atoms with E-state index < -0.39 is 0 Å². The van der Waals surface area contributed by atoms with Crippen molar-refractivity contribution in [2.24, 2.45) is 12.8 Å². The molecule has 0 radical (unpaired) electrons. The summed E-state index contributed by atoms with van der Waals surface area (Å²) < 4.78 is 1.89. The SMILES string of the molecule is Cc1ccccc1N(C)c1c(CN)c(C)nn1C. The fourth-order valence-corrected chi connectivity index (χ4v) is 2.40. The summed E-state index contributed by atoms with van der Waals surface area (Å²) in [4.78, 5) is 2.15. The number of hydrogen-bond donors (Lipinski definition) is 1. The van der Waals surface area contributed by atoms with Crippen molar-refractivity contribution in [3.8, 4) is 0 Å². The van der Waals surface area contributed by atoms with Gasteiger partial charge in [-0.2, -0.15) is 5.10 Å². The first kappa shape index (κ1) is 12.6. The zero-order valence-corrected chi connectivity index (χ0v) is 11.4. The number of nitrogens with two attached hydrogens (primary N) is 1. The van der Waals surface area contributed by atoms with Crippen LogP contribution in [0.5, 0.6) is 0 Å². The van der Waals surface area contributed by atoms with Crippen molar-refractivity contribution in [1.82, 2.24) is 9.78 Å². The summed E-state index contributed by atoms with van der Waals surface area (Å²) in [6.07, 6.45) is 0. The van der Waals surface area contributed by atoms with Crippen molar-refractivity contribution in [3.05, 3.63) is 41.1 Å². The standard InChI is InChI=1S/C14H20N4/c1-10-7-5-6-8-13(10)17(3)14-12(9-15)11(2)16-18(14)4/h5-8H,9,15H2,1-4H3. The molecular weight excluding hydrogens is 224 g/mol. The quantitative estimate of drug-likeness (QED) is 0.901. The van der Waals surface area contributed by atoms with Crippen molar-refractivity contribution in [2.45, 2.75) is 20.4 Å². The molecule has 0 fully saturated rings. The maximum Gasteiger partial charge on any atom is 0.135 e. The third-order valence-corrected chi connectivity index (χ3v) is 3.31. The van der Waals surface area contributed by atoms with Crippen molar-refractivity contribution >= 4 is 11.5 Å². The molecule has 0 aliphatic carbocycles. The molecule has 0 spiro atoms. The van der Waals surface area contributed by atoms with Crippen LogP contribution in [0.2, 0.25) is 0 Å². The van der Waals surface area contributed by atoms with Gasteiger partial charge in [0.1, 0.15) is 5.82 Å². The van der Waals surface area contributed by atoms with E-state index in [1.807, 2.05) is 30.8 Å². The molecule has 0 amide bonds. The van der Waals surface area contributed by atoms with E-state index in [4.69, 9.17) is 5.73 Å². The lowest BCUT2D eigenvalue weighted by atomic mass is 10.1. The Bertz CT molecular complexity index is 557. The summed E-state index contributed by atoms with van der Waals surface area (Å²) in [5.41, 5.74) is 10.3. The zero-order valence-electron chi connectivity index (χ0n) is 11.4. The van der Waals surface area contributed by atoms with E-state index in [2.05, 4.69) is 36.1 Å². The van der Waals surface area contributed by atoms with E-state index in [9.17, 15) is 0 Å². The summed E-state index contributed by atoms with van der Waals surface area (Å²) in [5, 5.41) is 4.45. The van der Waals surface area contributed by atoms with Gasteiger partial charge >= 0.3 is 0 Å². The van der Waals surface area contributed by atoms with E-state index >= 15 is 0 Å². The fourth-order valence-electron chi connectivity index (χ4n) is 2.40. The van der Waals surface area contributed by atoms with Crippen LogP contribution < -0.4 is 10.6 Å². The number of rotatable bonds is 3. The average Bonchev–Trinajstić information content (AvgIpc) is 2.63. The summed E-state index contributed by atoms with van der Waals surface area (Å²) in [7, 11) is 4.01. The fraction of sp³-hybridized carbons (Fsp3) is 0.357. The van der Waals surface area contributed by atoms with Crippen molar-refractivity contribution in [1.29, 1.82) is 0 Å². The Labute approximate surface area is 108 Å². The molecule has 1 aromatic heterocycles. The van der Waals surface area contributed by atoms with Gasteiger partial charge in [0.25, 0.3) is 0 Å². The lowest BCUT2D eigenvalue weighted by Crippen LogP contribution is -2.17. The molecule has 0 aliphatic rings. The van der Waals surface area contributed by atoms with Gasteiger partial charge in [-0.3, -0.25) is 4.68 Å². The van der Waals surface area contributed by atoms with E-state index in [-0.39, 0.29) is 0 Å². The second-order valence-electron chi connectivity index (χ2n) is 4.56. The zero-order chi connectivity index (χ0) is 13.3. The van der Waals surface area contributed by atoms with Crippen LogP contribution >= 0.6 is 0 Å². The highest BCUT2D eigenvalue weighted by molar-refractivity contribution is 5.66. The number of aromatic nitrogens is 2. The topological polar surface area (TPSA) is 47.1 Å². The Morgan fingerprint density at radius 3 is 2.56 bits per heavy atom. The summed E-state index contributed by atoms with van der Waals surface area (Å²) in [6.45, 7) is 4.61. The van der Waals surface area contributed by atoms with Gasteiger partial charge in [-0.25, -0.2) is 0 Å².